The van der Waals surface area contributed by atoms with E-state index in [1.165, 1.54) is 58.3 Å². The van der Waals surface area contributed by atoms with E-state index >= 15 is 0 Å². The van der Waals surface area contributed by atoms with Crippen molar-refractivity contribution in [3.8, 4) is 0 Å². The van der Waals surface area contributed by atoms with Crippen LogP contribution in [0, 0.1) is 5.41 Å². The predicted octanol–water partition coefficient (Wildman–Crippen LogP) is 2.64. The molecule has 2 saturated heterocycles. The molecule has 0 atom stereocenters. The van der Waals surface area contributed by atoms with E-state index in [1.807, 2.05) is 0 Å². The second kappa shape index (κ2) is 7.19. The molecular formula is C16H31N3S. The standard InChI is InChI=1S/C16H31N3S/c1-16(2,15(17)20)8-13-18-11-6-14(7-12-18)19-9-4-3-5-10-19/h14H,3-13H2,1-2H3,(H2,17,20). The molecule has 0 saturated carbocycles. The van der Waals surface area contributed by atoms with Crippen LogP contribution in [0.5, 0.6) is 0 Å². The first kappa shape index (κ1) is 16.2. The van der Waals surface area contributed by atoms with Crippen LogP contribution < -0.4 is 5.73 Å². The SMILES string of the molecule is CC(C)(CCN1CCC(N2CCCCC2)CC1)C(N)=S. The van der Waals surface area contributed by atoms with Gasteiger partial charge in [-0.05, 0) is 64.8 Å². The van der Waals surface area contributed by atoms with Crippen LogP contribution in [0.15, 0.2) is 0 Å². The van der Waals surface area contributed by atoms with Gasteiger partial charge in [0.15, 0.2) is 0 Å². The zero-order valence-electron chi connectivity index (χ0n) is 13.2. The quantitative estimate of drug-likeness (QED) is 0.791. The average molecular weight is 298 g/mol. The molecule has 0 aromatic carbocycles. The van der Waals surface area contributed by atoms with Crippen LogP contribution in [0.1, 0.15) is 52.4 Å². The Morgan fingerprint density at radius 3 is 2.25 bits per heavy atom. The van der Waals surface area contributed by atoms with Gasteiger partial charge >= 0.3 is 0 Å². The molecule has 3 nitrogen and oxygen atoms in total. The molecule has 2 rings (SSSR count). The van der Waals surface area contributed by atoms with E-state index in [0.29, 0.717) is 4.99 Å². The Hall–Kier alpha value is -0.190. The molecule has 2 aliphatic rings. The Labute approximate surface area is 129 Å². The van der Waals surface area contributed by atoms with E-state index in [0.717, 1.165) is 19.0 Å². The molecule has 20 heavy (non-hydrogen) atoms. The van der Waals surface area contributed by atoms with Crippen LogP contribution in [0.3, 0.4) is 0 Å². The third-order valence-corrected chi connectivity index (χ3v) is 5.74. The second-order valence-corrected chi connectivity index (χ2v) is 7.61. The van der Waals surface area contributed by atoms with Crippen LogP contribution in [-0.4, -0.2) is 53.6 Å². The van der Waals surface area contributed by atoms with E-state index in [2.05, 4.69) is 23.6 Å². The van der Waals surface area contributed by atoms with E-state index < -0.39 is 0 Å². The molecule has 0 spiro atoms. The summed E-state index contributed by atoms with van der Waals surface area (Å²) in [6.07, 6.45) is 8.01. The van der Waals surface area contributed by atoms with E-state index in [-0.39, 0.29) is 5.41 Å². The fourth-order valence-electron chi connectivity index (χ4n) is 3.35. The normalized spacial score (nSPS) is 23.9. The molecule has 2 heterocycles. The van der Waals surface area contributed by atoms with Gasteiger partial charge in [0.2, 0.25) is 0 Å². The van der Waals surface area contributed by atoms with Crippen molar-refractivity contribution in [3.05, 3.63) is 0 Å². The summed E-state index contributed by atoms with van der Waals surface area (Å²) < 4.78 is 0. The van der Waals surface area contributed by atoms with Crippen molar-refractivity contribution in [1.82, 2.24) is 9.80 Å². The molecule has 116 valence electrons. The fraction of sp³-hybridized carbons (Fsp3) is 0.938. The highest BCUT2D eigenvalue weighted by atomic mass is 32.1. The molecule has 0 bridgehead atoms. The number of piperidine rings is 2. The van der Waals surface area contributed by atoms with Crippen molar-refractivity contribution in [2.45, 2.75) is 58.4 Å². The van der Waals surface area contributed by atoms with Crippen molar-refractivity contribution >= 4 is 17.2 Å². The topological polar surface area (TPSA) is 32.5 Å². The Morgan fingerprint density at radius 2 is 1.70 bits per heavy atom. The highest BCUT2D eigenvalue weighted by Gasteiger charge is 2.27. The first-order chi connectivity index (χ1) is 9.49. The van der Waals surface area contributed by atoms with Gasteiger partial charge in [-0.2, -0.15) is 0 Å². The lowest BCUT2D eigenvalue weighted by atomic mass is 9.88. The molecular weight excluding hydrogens is 266 g/mol. The molecule has 0 aliphatic carbocycles. The van der Waals surface area contributed by atoms with Gasteiger partial charge in [0.25, 0.3) is 0 Å². The summed E-state index contributed by atoms with van der Waals surface area (Å²) in [6.45, 7) is 10.6. The van der Waals surface area contributed by atoms with Crippen molar-refractivity contribution < 1.29 is 0 Å². The Bertz CT molecular complexity index is 316. The van der Waals surface area contributed by atoms with Gasteiger partial charge in [-0.15, -0.1) is 0 Å². The van der Waals surface area contributed by atoms with Crippen molar-refractivity contribution in [2.24, 2.45) is 11.1 Å². The summed E-state index contributed by atoms with van der Waals surface area (Å²) in [7, 11) is 0. The van der Waals surface area contributed by atoms with Gasteiger partial charge in [-0.1, -0.05) is 32.5 Å². The molecule has 2 N–H and O–H groups in total. The number of nitrogens with two attached hydrogens (primary N) is 1. The largest absolute Gasteiger partial charge is 0.393 e. The molecule has 4 heteroatoms. The van der Waals surface area contributed by atoms with Crippen LogP contribution in [0.25, 0.3) is 0 Å². The molecule has 0 aromatic heterocycles. The molecule has 0 unspecified atom stereocenters. The van der Waals surface area contributed by atoms with Gasteiger partial charge in [-0.3, -0.25) is 0 Å². The van der Waals surface area contributed by atoms with E-state index in [1.54, 1.807) is 0 Å². The highest BCUT2D eigenvalue weighted by Crippen LogP contribution is 2.24. The minimum absolute atomic E-state index is 0.000941. The number of likely N-dealkylation sites (tertiary alicyclic amines) is 2. The number of hydrogen-bond donors (Lipinski definition) is 1. The lowest BCUT2D eigenvalue weighted by Crippen LogP contribution is -2.47. The first-order valence-electron chi connectivity index (χ1n) is 8.25. The van der Waals surface area contributed by atoms with Crippen LogP contribution in [-0.2, 0) is 0 Å². The molecule has 0 radical (unpaired) electrons. The zero-order valence-corrected chi connectivity index (χ0v) is 14.1. The Morgan fingerprint density at radius 1 is 1.10 bits per heavy atom. The summed E-state index contributed by atoms with van der Waals surface area (Å²) in [6, 6.07) is 0.843. The zero-order chi connectivity index (χ0) is 14.6. The van der Waals surface area contributed by atoms with Gasteiger partial charge in [0.05, 0.1) is 4.99 Å². The Kier molecular flexibility index (Phi) is 5.82. The van der Waals surface area contributed by atoms with Gasteiger partial charge < -0.3 is 15.5 Å². The highest BCUT2D eigenvalue weighted by molar-refractivity contribution is 7.80. The lowest BCUT2D eigenvalue weighted by Gasteiger charge is -2.40. The summed E-state index contributed by atoms with van der Waals surface area (Å²) in [4.78, 5) is 5.99. The third kappa shape index (κ3) is 4.40. The van der Waals surface area contributed by atoms with Crippen LogP contribution in [0.4, 0.5) is 0 Å². The van der Waals surface area contributed by atoms with Crippen LogP contribution >= 0.6 is 12.2 Å². The first-order valence-corrected chi connectivity index (χ1v) is 8.66. The predicted molar refractivity (Wildman–Crippen MR) is 90.1 cm³/mol. The smallest absolute Gasteiger partial charge is 0.0784 e. The maximum absolute atomic E-state index is 5.81. The summed E-state index contributed by atoms with van der Waals surface area (Å²) in [5.74, 6) is 0. The Balaban J connectivity index is 1.70. The number of rotatable bonds is 5. The summed E-state index contributed by atoms with van der Waals surface area (Å²) >= 11 is 5.16. The van der Waals surface area contributed by atoms with E-state index in [4.69, 9.17) is 18.0 Å². The van der Waals surface area contributed by atoms with Gasteiger partial charge in [0.1, 0.15) is 0 Å². The second-order valence-electron chi connectivity index (χ2n) is 7.17. The average Bonchev–Trinajstić information content (AvgIpc) is 2.46. The molecule has 0 aromatic rings. The number of thiocarbonyl (C=S) groups is 1. The van der Waals surface area contributed by atoms with Crippen molar-refractivity contribution in [3.63, 3.8) is 0 Å². The minimum Gasteiger partial charge on any atom is -0.393 e. The van der Waals surface area contributed by atoms with Crippen LogP contribution in [0.2, 0.25) is 0 Å². The molecule has 2 fully saturated rings. The molecule has 0 amide bonds. The fourth-order valence-corrected chi connectivity index (χ4v) is 3.45. The summed E-state index contributed by atoms with van der Waals surface area (Å²) in [5, 5.41) is 0. The lowest BCUT2D eigenvalue weighted by molar-refractivity contribution is 0.0893. The monoisotopic (exact) mass is 297 g/mol. The van der Waals surface area contributed by atoms with Gasteiger partial charge in [-0.25, -0.2) is 0 Å². The van der Waals surface area contributed by atoms with Gasteiger partial charge in [0, 0.05) is 11.5 Å². The maximum Gasteiger partial charge on any atom is 0.0784 e. The third-order valence-electron chi connectivity index (χ3n) is 5.18. The molecule has 2 aliphatic heterocycles. The number of hydrogen-bond acceptors (Lipinski definition) is 3. The maximum atomic E-state index is 5.81. The minimum atomic E-state index is -0.000941. The van der Waals surface area contributed by atoms with Crippen molar-refractivity contribution in [2.75, 3.05) is 32.7 Å². The summed E-state index contributed by atoms with van der Waals surface area (Å²) in [5.41, 5.74) is 5.81. The van der Waals surface area contributed by atoms with Crippen molar-refractivity contribution in [1.29, 1.82) is 0 Å². The number of nitrogens with zero attached hydrogens (tertiary/aromatic N) is 2. The van der Waals surface area contributed by atoms with E-state index in [9.17, 15) is 0 Å².